The lowest BCUT2D eigenvalue weighted by Gasteiger charge is -2.34. The summed E-state index contributed by atoms with van der Waals surface area (Å²) < 4.78 is 36.3. The van der Waals surface area contributed by atoms with Crippen molar-refractivity contribution in [1.29, 1.82) is 0 Å². The van der Waals surface area contributed by atoms with Gasteiger partial charge in [-0.25, -0.2) is 13.6 Å². The van der Waals surface area contributed by atoms with E-state index in [1.165, 1.54) is 10.8 Å². The van der Waals surface area contributed by atoms with E-state index < -0.39 is 29.0 Å². The van der Waals surface area contributed by atoms with Gasteiger partial charge in [-0.1, -0.05) is 0 Å². The van der Waals surface area contributed by atoms with E-state index in [4.69, 9.17) is 5.11 Å². The van der Waals surface area contributed by atoms with Gasteiger partial charge >= 0.3 is 6.16 Å². The molecule has 0 amide bonds. The molecule has 4 rings (SSSR count). The topological polar surface area (TPSA) is 83.8 Å². The Hall–Kier alpha value is -2.68. The molecule has 9 heteroatoms. The SMILES string of the molecule is CC1CN(c2c(F)cc3c(=O)c(OC(=O)O)cn(C4CC4)c3c2F)CCN1. The summed E-state index contributed by atoms with van der Waals surface area (Å²) >= 11 is 0. The van der Waals surface area contributed by atoms with Gasteiger partial charge in [0.25, 0.3) is 0 Å². The molecule has 2 N–H and O–H groups in total. The van der Waals surface area contributed by atoms with Gasteiger partial charge in [0, 0.05) is 31.7 Å². The van der Waals surface area contributed by atoms with Gasteiger partial charge in [-0.15, -0.1) is 0 Å². The minimum Gasteiger partial charge on any atom is -0.449 e. The summed E-state index contributed by atoms with van der Waals surface area (Å²) in [6.45, 7) is 3.41. The number of anilines is 1. The van der Waals surface area contributed by atoms with Gasteiger partial charge in [0.1, 0.15) is 11.5 Å². The van der Waals surface area contributed by atoms with Crippen LogP contribution in [0.5, 0.6) is 5.75 Å². The molecule has 2 aliphatic rings. The second-order valence-electron chi connectivity index (χ2n) is 7.05. The first-order valence-corrected chi connectivity index (χ1v) is 8.82. The van der Waals surface area contributed by atoms with E-state index in [1.54, 1.807) is 4.90 Å². The van der Waals surface area contributed by atoms with Crippen molar-refractivity contribution in [2.45, 2.75) is 31.8 Å². The highest BCUT2D eigenvalue weighted by Gasteiger charge is 2.31. The van der Waals surface area contributed by atoms with Crippen LogP contribution in [0.15, 0.2) is 17.1 Å². The number of halogens is 2. The van der Waals surface area contributed by atoms with Crippen LogP contribution in [0.1, 0.15) is 25.8 Å². The second kappa shape index (κ2) is 6.49. The first kappa shape index (κ1) is 17.7. The van der Waals surface area contributed by atoms with Crippen LogP contribution in [0.2, 0.25) is 0 Å². The van der Waals surface area contributed by atoms with E-state index in [0.29, 0.717) is 19.6 Å². The monoisotopic (exact) mass is 379 g/mol. The standard InChI is InChI=1S/C18H19F2N3O4/c1-9-7-22(5-4-21-9)16-12(19)6-11-15(14(16)20)23(10-2-3-10)8-13(17(11)24)27-18(25)26/h6,8-10,21H,2-5,7H2,1H3,(H,25,26). The van der Waals surface area contributed by atoms with E-state index in [0.717, 1.165) is 18.9 Å². The third-order valence-corrected chi connectivity index (χ3v) is 4.97. The van der Waals surface area contributed by atoms with Crippen LogP contribution >= 0.6 is 0 Å². The maximum absolute atomic E-state index is 15.4. The van der Waals surface area contributed by atoms with E-state index in [9.17, 15) is 14.0 Å². The normalized spacial score (nSPS) is 20.1. The smallest absolute Gasteiger partial charge is 0.449 e. The average Bonchev–Trinajstić information content (AvgIpc) is 3.42. The molecule has 1 aliphatic heterocycles. The molecule has 2 heterocycles. The van der Waals surface area contributed by atoms with Gasteiger partial charge in [0.15, 0.2) is 11.6 Å². The van der Waals surface area contributed by atoms with E-state index in [2.05, 4.69) is 10.1 Å². The van der Waals surface area contributed by atoms with Crippen LogP contribution in [-0.4, -0.2) is 41.5 Å². The fourth-order valence-corrected chi connectivity index (χ4v) is 3.64. The molecule has 0 spiro atoms. The van der Waals surface area contributed by atoms with Crippen molar-refractivity contribution < 1.29 is 23.4 Å². The maximum Gasteiger partial charge on any atom is 0.511 e. The summed E-state index contributed by atoms with van der Waals surface area (Å²) in [5.74, 6) is -2.10. The predicted molar refractivity (Wildman–Crippen MR) is 94.7 cm³/mol. The molecule has 1 saturated heterocycles. The molecule has 0 radical (unpaired) electrons. The number of benzene rings is 1. The fraction of sp³-hybridized carbons (Fsp3) is 0.444. The lowest BCUT2D eigenvalue weighted by Crippen LogP contribution is -2.49. The van der Waals surface area contributed by atoms with E-state index in [1.807, 2.05) is 6.92 Å². The summed E-state index contributed by atoms with van der Waals surface area (Å²) in [5.41, 5.74) is -1.01. The molecule has 2 aromatic rings. The molecule has 1 aliphatic carbocycles. The summed E-state index contributed by atoms with van der Waals surface area (Å²) in [7, 11) is 0. The Morgan fingerprint density at radius 1 is 1.37 bits per heavy atom. The summed E-state index contributed by atoms with van der Waals surface area (Å²) in [5, 5.41) is 11.8. The van der Waals surface area contributed by atoms with Crippen molar-refractivity contribution in [1.82, 2.24) is 9.88 Å². The molecular weight excluding hydrogens is 360 g/mol. The van der Waals surface area contributed by atoms with Gasteiger partial charge in [0.05, 0.1) is 17.1 Å². The van der Waals surface area contributed by atoms with Crippen molar-refractivity contribution in [3.8, 4) is 5.75 Å². The third-order valence-electron chi connectivity index (χ3n) is 4.97. The molecule has 1 aromatic carbocycles. The van der Waals surface area contributed by atoms with Crippen LogP contribution in [-0.2, 0) is 0 Å². The number of nitrogens with one attached hydrogen (secondary N) is 1. The lowest BCUT2D eigenvalue weighted by atomic mass is 10.1. The number of hydrogen-bond acceptors (Lipinski definition) is 5. The van der Waals surface area contributed by atoms with Crippen molar-refractivity contribution in [2.24, 2.45) is 0 Å². The third kappa shape index (κ3) is 3.12. The zero-order chi connectivity index (χ0) is 19.3. The molecule has 1 aromatic heterocycles. The molecule has 1 saturated carbocycles. The Kier molecular flexibility index (Phi) is 4.26. The highest BCUT2D eigenvalue weighted by atomic mass is 19.1. The predicted octanol–water partition coefficient (Wildman–Crippen LogP) is 2.47. The van der Waals surface area contributed by atoms with Crippen molar-refractivity contribution in [2.75, 3.05) is 24.5 Å². The minimum atomic E-state index is -1.65. The molecule has 7 nitrogen and oxygen atoms in total. The largest absolute Gasteiger partial charge is 0.511 e. The number of fused-ring (bicyclic) bond motifs is 1. The van der Waals surface area contributed by atoms with Crippen LogP contribution < -0.4 is 20.4 Å². The Morgan fingerprint density at radius 2 is 2.11 bits per heavy atom. The highest BCUT2D eigenvalue weighted by molar-refractivity contribution is 5.86. The Morgan fingerprint density at radius 3 is 2.74 bits per heavy atom. The van der Waals surface area contributed by atoms with Crippen molar-refractivity contribution >= 4 is 22.7 Å². The van der Waals surface area contributed by atoms with Gasteiger partial charge in [-0.05, 0) is 25.8 Å². The summed E-state index contributed by atoms with van der Waals surface area (Å²) in [6, 6.07) is 0.986. The average molecular weight is 379 g/mol. The molecular formula is C18H19F2N3O4. The minimum absolute atomic E-state index is 0.0113. The molecule has 2 fully saturated rings. The Bertz CT molecular complexity index is 987. The van der Waals surface area contributed by atoms with E-state index in [-0.39, 0.29) is 28.7 Å². The number of carboxylic acid groups (broad SMARTS) is 1. The fourth-order valence-electron chi connectivity index (χ4n) is 3.64. The number of carbonyl (C=O) groups is 1. The van der Waals surface area contributed by atoms with Crippen LogP contribution in [0.3, 0.4) is 0 Å². The molecule has 1 unspecified atom stereocenters. The first-order valence-electron chi connectivity index (χ1n) is 8.82. The number of ether oxygens (including phenoxy) is 1. The molecule has 27 heavy (non-hydrogen) atoms. The van der Waals surface area contributed by atoms with Gasteiger partial charge in [-0.3, -0.25) is 4.79 Å². The summed E-state index contributed by atoms with van der Waals surface area (Å²) in [4.78, 5) is 25.0. The van der Waals surface area contributed by atoms with E-state index >= 15 is 4.39 Å². The van der Waals surface area contributed by atoms with Crippen LogP contribution in [0.4, 0.5) is 19.3 Å². The Balaban J connectivity index is 1.95. The first-order chi connectivity index (χ1) is 12.9. The number of pyridine rings is 1. The number of rotatable bonds is 3. The zero-order valence-electron chi connectivity index (χ0n) is 14.7. The van der Waals surface area contributed by atoms with Crippen molar-refractivity contribution in [3.05, 3.63) is 34.1 Å². The maximum atomic E-state index is 15.4. The van der Waals surface area contributed by atoms with Crippen LogP contribution in [0.25, 0.3) is 10.9 Å². The van der Waals surface area contributed by atoms with Crippen LogP contribution in [0, 0.1) is 11.6 Å². The lowest BCUT2D eigenvalue weighted by molar-refractivity contribution is 0.143. The number of hydrogen-bond donors (Lipinski definition) is 2. The van der Waals surface area contributed by atoms with Gasteiger partial charge in [0.2, 0.25) is 5.43 Å². The zero-order valence-corrected chi connectivity index (χ0v) is 14.7. The highest BCUT2D eigenvalue weighted by Crippen LogP contribution is 2.40. The van der Waals surface area contributed by atoms with Gasteiger partial charge in [-0.2, -0.15) is 0 Å². The second-order valence-corrected chi connectivity index (χ2v) is 7.05. The molecule has 144 valence electrons. The quantitative estimate of drug-likeness (QED) is 0.798. The van der Waals surface area contributed by atoms with Gasteiger partial charge < -0.3 is 24.6 Å². The molecule has 1 atom stereocenters. The van der Waals surface area contributed by atoms with Crippen molar-refractivity contribution in [3.63, 3.8) is 0 Å². The molecule has 0 bridgehead atoms. The number of nitrogens with zero attached hydrogens (tertiary/aromatic N) is 2. The number of aromatic nitrogens is 1. The summed E-state index contributed by atoms with van der Waals surface area (Å²) in [6.07, 6.45) is 1.09. The Labute approximate surface area is 153 Å². The number of piperazine rings is 1.